The van der Waals surface area contributed by atoms with Gasteiger partial charge in [-0.15, -0.1) is 6.58 Å². The Bertz CT molecular complexity index is 397. The van der Waals surface area contributed by atoms with Gasteiger partial charge in [0.1, 0.15) is 0 Å². The molecule has 118 valence electrons. The summed E-state index contributed by atoms with van der Waals surface area (Å²) < 4.78 is 51.7. The molecule has 0 saturated heterocycles. The van der Waals surface area contributed by atoms with E-state index in [4.69, 9.17) is 0 Å². The molecule has 4 nitrogen and oxygen atoms in total. The summed E-state index contributed by atoms with van der Waals surface area (Å²) in [5, 5.41) is 0. The first kappa shape index (κ1) is 18.8. The molecule has 0 aromatic heterocycles. The molecule has 1 aliphatic heterocycles. The Kier molecular flexibility index (Phi) is 9.11. The van der Waals surface area contributed by atoms with Crippen molar-refractivity contribution in [3.05, 3.63) is 25.1 Å². The first-order valence-electron chi connectivity index (χ1n) is 6.13. The Balaban J connectivity index is 0.000000796. The molecule has 0 atom stereocenters. The van der Waals surface area contributed by atoms with E-state index in [0.717, 1.165) is 26.1 Å². The van der Waals surface area contributed by atoms with E-state index in [2.05, 4.69) is 16.4 Å². The highest BCUT2D eigenvalue weighted by Crippen LogP contribution is 2.06. The average Bonchev–Trinajstić information content (AvgIpc) is 2.70. The zero-order valence-corrected chi connectivity index (χ0v) is 12.3. The van der Waals surface area contributed by atoms with Gasteiger partial charge in [-0.2, -0.15) is 13.2 Å². The number of hydrogen-bond donors (Lipinski definition) is 0. The number of sulfone groups is 1. The van der Waals surface area contributed by atoms with Crippen LogP contribution in [0.15, 0.2) is 25.1 Å². The number of alkyl halides is 3. The van der Waals surface area contributed by atoms with E-state index in [1.807, 2.05) is 19.4 Å². The van der Waals surface area contributed by atoms with Gasteiger partial charge < -0.3 is 9.80 Å². The summed E-state index contributed by atoms with van der Waals surface area (Å²) in [6.45, 7) is 1.60. The Morgan fingerprint density at radius 3 is 2.35 bits per heavy atom. The third-order valence-electron chi connectivity index (χ3n) is 2.46. The van der Waals surface area contributed by atoms with E-state index in [-0.39, 0.29) is 11.5 Å². The largest absolute Gasteiger partial charge is 0.379 e. The van der Waals surface area contributed by atoms with E-state index in [1.54, 1.807) is 0 Å². The topological polar surface area (TPSA) is 40.6 Å². The van der Waals surface area contributed by atoms with Crippen LogP contribution in [-0.4, -0.2) is 56.7 Å². The Labute approximate surface area is 118 Å². The normalized spacial score (nSPS) is 14.4. The first-order chi connectivity index (χ1) is 9.26. The van der Waals surface area contributed by atoms with Crippen LogP contribution >= 0.6 is 0 Å². The molecule has 0 aliphatic carbocycles. The van der Waals surface area contributed by atoms with Gasteiger partial charge in [0.2, 0.25) is 0 Å². The van der Waals surface area contributed by atoms with Crippen LogP contribution in [0.1, 0.15) is 12.8 Å². The Morgan fingerprint density at radius 1 is 1.30 bits per heavy atom. The highest BCUT2D eigenvalue weighted by molar-refractivity contribution is 7.91. The van der Waals surface area contributed by atoms with Gasteiger partial charge in [-0.05, 0) is 12.8 Å². The van der Waals surface area contributed by atoms with Crippen LogP contribution in [0, 0.1) is 0 Å². The van der Waals surface area contributed by atoms with Crippen molar-refractivity contribution in [3.8, 4) is 0 Å². The fraction of sp³-hybridized carbons (Fsp3) is 0.667. The van der Waals surface area contributed by atoms with Crippen LogP contribution in [0.2, 0.25) is 0 Å². The molecule has 0 radical (unpaired) electrons. The van der Waals surface area contributed by atoms with Crippen molar-refractivity contribution >= 4 is 9.84 Å². The standard InChI is InChI=1S/C11H20N2O2S.CHF3/c1-3-9-16(14,15)10-5-4-6-13-8-7-12(2)11-13;2-1(3)4/h3,7-8H,1,4-6,9-11H2,2H3;1H. The lowest BCUT2D eigenvalue weighted by molar-refractivity contribution is 0.00819. The van der Waals surface area contributed by atoms with Crippen LogP contribution in [0.4, 0.5) is 13.2 Å². The fourth-order valence-electron chi connectivity index (χ4n) is 1.63. The van der Waals surface area contributed by atoms with Gasteiger partial charge in [0.25, 0.3) is 0 Å². The maximum absolute atomic E-state index is 11.4. The van der Waals surface area contributed by atoms with Gasteiger partial charge >= 0.3 is 6.68 Å². The quantitative estimate of drug-likeness (QED) is 0.534. The van der Waals surface area contributed by atoms with Gasteiger partial charge in [-0.3, -0.25) is 0 Å². The Morgan fingerprint density at radius 2 is 1.90 bits per heavy atom. The second kappa shape index (κ2) is 9.68. The second-order valence-corrected chi connectivity index (χ2v) is 6.60. The van der Waals surface area contributed by atoms with Gasteiger partial charge in [0, 0.05) is 26.0 Å². The third-order valence-corrected chi connectivity index (χ3v) is 4.11. The third kappa shape index (κ3) is 10.7. The van der Waals surface area contributed by atoms with E-state index >= 15 is 0 Å². The molecule has 0 N–H and O–H groups in total. The summed E-state index contributed by atoms with van der Waals surface area (Å²) in [6.07, 6.45) is 7.15. The minimum absolute atomic E-state index is 0.0966. The molecular weight excluding hydrogens is 293 g/mol. The molecule has 1 rings (SSSR count). The molecule has 8 heteroatoms. The molecule has 0 aromatic rings. The van der Waals surface area contributed by atoms with Crippen molar-refractivity contribution in [2.24, 2.45) is 0 Å². The van der Waals surface area contributed by atoms with Gasteiger partial charge in [-0.1, -0.05) is 6.08 Å². The van der Waals surface area contributed by atoms with E-state index in [9.17, 15) is 21.6 Å². The maximum Gasteiger partial charge on any atom is 0.379 e. The SMILES string of the molecule is C=CCS(=O)(=O)CCCCN1C=CN(C)C1.FC(F)F. The minimum atomic E-state index is -3.67. The molecule has 0 aromatic carbocycles. The van der Waals surface area contributed by atoms with Crippen LogP contribution in [-0.2, 0) is 9.84 Å². The Hall–Kier alpha value is -1.18. The molecule has 0 spiro atoms. The van der Waals surface area contributed by atoms with Crippen molar-refractivity contribution in [2.75, 3.05) is 31.8 Å². The molecule has 0 unspecified atom stereocenters. The summed E-state index contributed by atoms with van der Waals surface area (Å²) in [7, 11) is -0.884. The smallest absolute Gasteiger partial charge is 0.362 e. The van der Waals surface area contributed by atoms with Crippen LogP contribution in [0.25, 0.3) is 0 Å². The predicted octanol–water partition coefficient (Wildman–Crippen LogP) is 2.22. The molecule has 0 amide bonds. The zero-order valence-electron chi connectivity index (χ0n) is 11.5. The molecule has 0 fully saturated rings. The van der Waals surface area contributed by atoms with Gasteiger partial charge in [-0.25, -0.2) is 8.42 Å². The average molecular weight is 314 g/mol. The predicted molar refractivity (Wildman–Crippen MR) is 73.7 cm³/mol. The summed E-state index contributed by atoms with van der Waals surface area (Å²) in [5.74, 6) is 0.367. The van der Waals surface area contributed by atoms with Crippen LogP contribution < -0.4 is 0 Å². The van der Waals surface area contributed by atoms with E-state index in [1.165, 1.54) is 6.08 Å². The maximum atomic E-state index is 11.4. The molecular formula is C12H21F3N2O2S. The van der Waals surface area contributed by atoms with Gasteiger partial charge in [0.15, 0.2) is 9.84 Å². The van der Waals surface area contributed by atoms with Crippen molar-refractivity contribution in [1.29, 1.82) is 0 Å². The molecule has 0 bridgehead atoms. The summed E-state index contributed by atoms with van der Waals surface area (Å²) in [5.41, 5.74) is 0. The minimum Gasteiger partial charge on any atom is -0.362 e. The highest BCUT2D eigenvalue weighted by atomic mass is 32.2. The monoisotopic (exact) mass is 314 g/mol. The van der Waals surface area contributed by atoms with Crippen molar-refractivity contribution in [1.82, 2.24) is 9.80 Å². The zero-order chi connectivity index (χ0) is 15.6. The molecule has 1 aliphatic rings. The molecule has 20 heavy (non-hydrogen) atoms. The van der Waals surface area contributed by atoms with E-state index < -0.39 is 16.5 Å². The van der Waals surface area contributed by atoms with Crippen molar-refractivity contribution in [3.63, 3.8) is 0 Å². The van der Waals surface area contributed by atoms with Crippen molar-refractivity contribution in [2.45, 2.75) is 19.5 Å². The lowest BCUT2D eigenvalue weighted by Crippen LogP contribution is -2.23. The lowest BCUT2D eigenvalue weighted by Gasteiger charge is -2.17. The second-order valence-electron chi connectivity index (χ2n) is 4.37. The number of rotatable bonds is 7. The van der Waals surface area contributed by atoms with E-state index in [0.29, 0.717) is 0 Å². The van der Waals surface area contributed by atoms with Crippen molar-refractivity contribution < 1.29 is 21.6 Å². The summed E-state index contributed by atoms with van der Waals surface area (Å²) in [6, 6.07) is 0. The number of halogens is 3. The molecule has 1 heterocycles. The van der Waals surface area contributed by atoms with Crippen LogP contribution in [0.5, 0.6) is 0 Å². The fourth-order valence-corrected chi connectivity index (χ4v) is 2.80. The summed E-state index contributed by atoms with van der Waals surface area (Å²) >= 11 is 0. The number of unbranched alkanes of at least 4 members (excludes halogenated alkanes) is 1. The summed E-state index contributed by atoms with van der Waals surface area (Å²) in [4.78, 5) is 4.27. The lowest BCUT2D eigenvalue weighted by atomic mass is 10.3. The number of nitrogens with zero attached hydrogens (tertiary/aromatic N) is 2. The highest BCUT2D eigenvalue weighted by Gasteiger charge is 2.10. The molecule has 0 saturated carbocycles. The first-order valence-corrected chi connectivity index (χ1v) is 7.95. The van der Waals surface area contributed by atoms with Gasteiger partial charge in [0.05, 0.1) is 18.2 Å². The number of hydrogen-bond acceptors (Lipinski definition) is 4. The van der Waals surface area contributed by atoms with Crippen LogP contribution in [0.3, 0.4) is 0 Å².